The lowest BCUT2D eigenvalue weighted by Crippen LogP contribution is -2.74. The lowest BCUT2D eigenvalue weighted by Gasteiger charge is -2.77. The summed E-state index contributed by atoms with van der Waals surface area (Å²) in [6.07, 6.45) is 10.6. The van der Waals surface area contributed by atoms with Crippen molar-refractivity contribution < 1.29 is 4.74 Å². The Morgan fingerprint density at radius 2 is 0.906 bits per heavy atom. The minimum Gasteiger partial charge on any atom is -0.457 e. The summed E-state index contributed by atoms with van der Waals surface area (Å²) in [4.78, 5) is 2.49. The van der Waals surface area contributed by atoms with Gasteiger partial charge < -0.3 is 9.64 Å². The van der Waals surface area contributed by atoms with Gasteiger partial charge in [-0.05, 0) is 201 Å². The summed E-state index contributed by atoms with van der Waals surface area (Å²) < 4.78 is 6.78. The number of hydrogen-bond acceptors (Lipinski definition) is 2. The van der Waals surface area contributed by atoms with Crippen LogP contribution < -0.4 is 9.64 Å². The Morgan fingerprint density at radius 3 is 1.53 bits per heavy atom. The second-order valence-electron chi connectivity index (χ2n) is 24.3. The van der Waals surface area contributed by atoms with Crippen LogP contribution >= 0.6 is 0 Å². The molecule has 6 aliphatic carbocycles. The van der Waals surface area contributed by atoms with Crippen molar-refractivity contribution in [3.8, 4) is 33.8 Å². The van der Waals surface area contributed by atoms with Crippen molar-refractivity contribution in [1.29, 1.82) is 0 Å². The predicted molar refractivity (Wildman–Crippen MR) is 265 cm³/mol. The standard InChI is InChI=1S/C62H65NO/c1-57(2)27-29-59(5,6)50-33-41(17-24-47(50)57)39-13-19-44(20-14-39)63(46-23-25-48-51(36-46)60(7,8)30-28-58(48,3)4)45-21-15-40(16-22-45)42-18-26-54-52(34-42)62(49-11-9-10-12-53(49)64-54)55-32-38-31-43-35-56(62)61(43,55)37-38/h9-26,33-34,36,38,43,55-56H,27-32,35,37H2,1-8H3. The van der Waals surface area contributed by atoms with Gasteiger partial charge in [-0.1, -0.05) is 128 Å². The molecule has 4 fully saturated rings. The van der Waals surface area contributed by atoms with E-state index in [0.717, 1.165) is 35.2 Å². The first-order valence-corrected chi connectivity index (χ1v) is 24.8. The van der Waals surface area contributed by atoms with Crippen LogP contribution in [0.15, 0.2) is 127 Å². The fraction of sp³-hybridized carbons (Fsp3) is 0.419. The maximum absolute atomic E-state index is 6.78. The van der Waals surface area contributed by atoms with Gasteiger partial charge in [-0.15, -0.1) is 0 Å². The molecular weight excluding hydrogens is 775 g/mol. The Balaban J connectivity index is 0.889. The quantitative estimate of drug-likeness (QED) is 0.171. The summed E-state index contributed by atoms with van der Waals surface area (Å²) in [6, 6.07) is 49.6. The molecule has 2 heteroatoms. The van der Waals surface area contributed by atoms with Crippen LogP contribution in [0.25, 0.3) is 22.3 Å². The number of nitrogens with zero attached hydrogens (tertiary/aromatic N) is 1. The van der Waals surface area contributed by atoms with Gasteiger partial charge in [-0.2, -0.15) is 0 Å². The van der Waals surface area contributed by atoms with Crippen molar-refractivity contribution >= 4 is 17.1 Å². The molecule has 0 aromatic heterocycles. The summed E-state index contributed by atoms with van der Waals surface area (Å²) >= 11 is 0. The lowest BCUT2D eigenvalue weighted by atomic mass is 9.26. The van der Waals surface area contributed by atoms with Crippen LogP contribution in [0.5, 0.6) is 11.5 Å². The Labute approximate surface area is 382 Å². The van der Waals surface area contributed by atoms with Crippen LogP contribution in [0.2, 0.25) is 0 Å². The molecule has 0 radical (unpaired) electrons. The van der Waals surface area contributed by atoms with Crippen LogP contribution in [-0.2, 0) is 27.1 Å². The lowest BCUT2D eigenvalue weighted by molar-refractivity contribution is -0.235. The Bertz CT molecular complexity index is 2910. The van der Waals surface area contributed by atoms with Crippen molar-refractivity contribution in [2.45, 2.75) is 134 Å². The Kier molecular flexibility index (Phi) is 7.88. The molecule has 1 aliphatic heterocycles. The second kappa shape index (κ2) is 12.8. The number of hydrogen-bond donors (Lipinski definition) is 0. The van der Waals surface area contributed by atoms with E-state index in [1.165, 1.54) is 124 Å². The van der Waals surface area contributed by atoms with Crippen LogP contribution in [0.3, 0.4) is 0 Å². The van der Waals surface area contributed by atoms with Crippen molar-refractivity contribution in [3.63, 3.8) is 0 Å². The van der Waals surface area contributed by atoms with Gasteiger partial charge in [-0.3, -0.25) is 0 Å². The fourth-order valence-electron chi connectivity index (χ4n) is 15.8. The van der Waals surface area contributed by atoms with Crippen molar-refractivity contribution in [2.24, 2.45) is 29.1 Å². The monoisotopic (exact) mass is 840 g/mol. The number of fused-ring (bicyclic) bond motifs is 9. The molecule has 64 heavy (non-hydrogen) atoms. The van der Waals surface area contributed by atoms with Gasteiger partial charge >= 0.3 is 0 Å². The molecule has 0 N–H and O–H groups in total. The highest BCUT2D eigenvalue weighted by Gasteiger charge is 2.84. The third-order valence-corrected chi connectivity index (χ3v) is 19.3. The molecule has 6 atom stereocenters. The summed E-state index contributed by atoms with van der Waals surface area (Å²) in [6.45, 7) is 19.4. The smallest absolute Gasteiger partial charge is 0.131 e. The van der Waals surface area contributed by atoms with Gasteiger partial charge in [0.2, 0.25) is 0 Å². The molecule has 2 spiro atoms. The highest BCUT2D eigenvalue weighted by atomic mass is 16.5. The summed E-state index contributed by atoms with van der Waals surface area (Å²) in [7, 11) is 0. The Morgan fingerprint density at radius 1 is 0.422 bits per heavy atom. The van der Waals surface area contributed by atoms with Gasteiger partial charge in [0.15, 0.2) is 0 Å². The van der Waals surface area contributed by atoms with Gasteiger partial charge in [0, 0.05) is 33.6 Å². The molecule has 324 valence electrons. The topological polar surface area (TPSA) is 12.5 Å². The van der Waals surface area contributed by atoms with Crippen molar-refractivity contribution in [1.82, 2.24) is 0 Å². The number of para-hydroxylation sites is 1. The summed E-state index contributed by atoms with van der Waals surface area (Å²) in [5.41, 5.74) is 18.9. The fourth-order valence-corrected chi connectivity index (χ4v) is 15.8. The zero-order valence-electron chi connectivity index (χ0n) is 39.4. The SMILES string of the molecule is CC1(C)CCC(C)(C)c2cc(-c3ccc(N(c4ccc(-c5ccc6c(c5)C5(c7ccccc7O6)C6CC7CC8CC5C86C7)cc4)c4ccc5c(c4)C(C)(C)CCC5(C)C)cc3)ccc21. The summed E-state index contributed by atoms with van der Waals surface area (Å²) in [5, 5.41) is 0. The summed E-state index contributed by atoms with van der Waals surface area (Å²) in [5.74, 6) is 5.52. The zero-order chi connectivity index (χ0) is 43.8. The molecule has 4 saturated carbocycles. The van der Waals surface area contributed by atoms with Crippen LogP contribution in [0, 0.1) is 29.1 Å². The molecular formula is C62H65NO. The largest absolute Gasteiger partial charge is 0.457 e. The molecule has 2 nitrogen and oxygen atoms in total. The number of rotatable bonds is 5. The molecule has 6 aromatic carbocycles. The third kappa shape index (κ3) is 5.15. The Hall–Kier alpha value is -5.08. The van der Waals surface area contributed by atoms with E-state index in [1.807, 2.05) is 0 Å². The van der Waals surface area contributed by atoms with Crippen LogP contribution in [-0.4, -0.2) is 0 Å². The van der Waals surface area contributed by atoms with E-state index in [1.54, 1.807) is 0 Å². The van der Waals surface area contributed by atoms with Crippen LogP contribution in [0.4, 0.5) is 17.1 Å². The third-order valence-electron chi connectivity index (χ3n) is 19.3. The molecule has 1 heterocycles. The maximum atomic E-state index is 6.78. The van der Waals surface area contributed by atoms with Gasteiger partial charge in [0.1, 0.15) is 11.5 Å². The average Bonchev–Trinajstić information content (AvgIpc) is 3.82. The van der Waals surface area contributed by atoms with Gasteiger partial charge in [-0.25, -0.2) is 0 Å². The van der Waals surface area contributed by atoms with E-state index in [2.05, 4.69) is 188 Å². The van der Waals surface area contributed by atoms with E-state index in [-0.39, 0.29) is 27.1 Å². The minimum atomic E-state index is 0.0788. The molecule has 13 rings (SSSR count). The van der Waals surface area contributed by atoms with E-state index in [0.29, 0.717) is 5.41 Å². The van der Waals surface area contributed by atoms with Crippen molar-refractivity contribution in [2.75, 3.05) is 4.90 Å². The van der Waals surface area contributed by atoms with E-state index >= 15 is 0 Å². The van der Waals surface area contributed by atoms with Gasteiger partial charge in [0.25, 0.3) is 0 Å². The maximum Gasteiger partial charge on any atom is 0.131 e. The molecule has 7 aliphatic rings. The zero-order valence-corrected chi connectivity index (χ0v) is 39.4. The van der Waals surface area contributed by atoms with Crippen molar-refractivity contribution in [3.05, 3.63) is 161 Å². The number of anilines is 3. The molecule has 2 bridgehead atoms. The molecule has 0 saturated heterocycles. The van der Waals surface area contributed by atoms with E-state index < -0.39 is 0 Å². The molecule has 0 amide bonds. The number of benzene rings is 6. The van der Waals surface area contributed by atoms with Crippen LogP contribution in [0.1, 0.15) is 140 Å². The highest BCUT2D eigenvalue weighted by Crippen LogP contribution is 2.89. The van der Waals surface area contributed by atoms with Gasteiger partial charge in [0.05, 0.1) is 0 Å². The first kappa shape index (κ1) is 39.3. The second-order valence-corrected chi connectivity index (χ2v) is 24.3. The van der Waals surface area contributed by atoms with E-state index in [4.69, 9.17) is 4.74 Å². The van der Waals surface area contributed by atoms with E-state index in [9.17, 15) is 0 Å². The first-order chi connectivity index (χ1) is 30.6. The predicted octanol–water partition coefficient (Wildman–Crippen LogP) is 16.6. The first-order valence-electron chi connectivity index (χ1n) is 24.8. The average molecular weight is 840 g/mol. The molecule has 6 unspecified atom stereocenters. The minimum absolute atomic E-state index is 0.0788. The highest BCUT2D eigenvalue weighted by molar-refractivity contribution is 5.81. The number of ether oxygens (including phenoxy) is 1. The molecule has 6 aromatic rings. The normalized spacial score (nSPS) is 29.5.